The van der Waals surface area contributed by atoms with Crippen molar-refractivity contribution in [1.29, 1.82) is 0 Å². The summed E-state index contributed by atoms with van der Waals surface area (Å²) in [5.74, 6) is -0.215. The number of benzene rings is 2. The zero-order chi connectivity index (χ0) is 17.1. The van der Waals surface area contributed by atoms with Crippen LogP contribution in [0, 0.1) is 0 Å². The van der Waals surface area contributed by atoms with Gasteiger partial charge in [0.1, 0.15) is 0 Å². The number of halogens is 2. The van der Waals surface area contributed by atoms with Gasteiger partial charge in [-0.1, -0.05) is 36.9 Å². The molecule has 2 aromatic rings. The molecule has 1 aliphatic rings. The number of rotatable bonds is 4. The maximum atomic E-state index is 12.8. The van der Waals surface area contributed by atoms with Crippen LogP contribution in [0.2, 0.25) is 0 Å². The molecule has 0 spiro atoms. The summed E-state index contributed by atoms with van der Waals surface area (Å²) < 4.78 is 25.5. The van der Waals surface area contributed by atoms with Crippen molar-refractivity contribution < 1.29 is 13.6 Å². The van der Waals surface area contributed by atoms with E-state index in [0.29, 0.717) is 6.54 Å². The number of amides is 1. The van der Waals surface area contributed by atoms with Crippen LogP contribution in [0.1, 0.15) is 17.6 Å². The van der Waals surface area contributed by atoms with Crippen molar-refractivity contribution in [3.63, 3.8) is 0 Å². The van der Waals surface area contributed by atoms with Gasteiger partial charge in [-0.25, -0.2) is 8.78 Å². The van der Waals surface area contributed by atoms with Gasteiger partial charge in [-0.3, -0.25) is 4.79 Å². The highest BCUT2D eigenvalue weighted by atomic mass is 19.3. The number of hydrogen-bond donors (Lipinski definition) is 1. The van der Waals surface area contributed by atoms with Crippen LogP contribution in [0.15, 0.2) is 61.2 Å². The Hall–Kier alpha value is -2.69. The smallest absolute Gasteiger partial charge is 0.263 e. The van der Waals surface area contributed by atoms with Crippen LogP contribution < -0.4 is 10.2 Å². The van der Waals surface area contributed by atoms with Crippen LogP contribution in [0.3, 0.4) is 0 Å². The molecule has 0 fully saturated rings. The predicted octanol–water partition coefficient (Wildman–Crippen LogP) is 3.99. The van der Waals surface area contributed by atoms with E-state index >= 15 is 0 Å². The Morgan fingerprint density at radius 1 is 1.21 bits per heavy atom. The first-order valence-corrected chi connectivity index (χ1v) is 7.75. The molecular weight excluding hydrogens is 310 g/mol. The van der Waals surface area contributed by atoms with Crippen molar-refractivity contribution in [3.8, 4) is 0 Å². The standard InChI is InChI=1S/C19H18F2N2O/c1-2-18(24)22-15-11-14-5-3-4-6-17(14)23(12-15)16-9-7-13(8-10-16)19(20)21/h2-10,15,19H,1,11-12H2,(H,22,24). The molecule has 2 aromatic carbocycles. The van der Waals surface area contributed by atoms with E-state index in [9.17, 15) is 13.6 Å². The van der Waals surface area contributed by atoms with E-state index < -0.39 is 6.43 Å². The number of carbonyl (C=O) groups is 1. The first-order valence-electron chi connectivity index (χ1n) is 7.75. The third-order valence-corrected chi connectivity index (χ3v) is 4.14. The van der Waals surface area contributed by atoms with Crippen molar-refractivity contribution in [2.75, 3.05) is 11.4 Å². The summed E-state index contributed by atoms with van der Waals surface area (Å²) in [6.07, 6.45) is -0.503. The molecule has 1 aliphatic heterocycles. The van der Waals surface area contributed by atoms with Gasteiger partial charge in [0.05, 0.1) is 6.04 Å². The Kier molecular flexibility index (Phi) is 4.60. The van der Waals surface area contributed by atoms with Crippen LogP contribution in [0.4, 0.5) is 20.2 Å². The number of anilines is 2. The third-order valence-electron chi connectivity index (χ3n) is 4.14. The lowest BCUT2D eigenvalue weighted by Gasteiger charge is -2.36. The Balaban J connectivity index is 1.92. The highest BCUT2D eigenvalue weighted by Crippen LogP contribution is 2.34. The maximum absolute atomic E-state index is 12.8. The van der Waals surface area contributed by atoms with Gasteiger partial charge in [0.15, 0.2) is 0 Å². The SMILES string of the molecule is C=CC(=O)NC1Cc2ccccc2N(c2ccc(C(F)F)cc2)C1. The van der Waals surface area contributed by atoms with E-state index in [2.05, 4.69) is 11.9 Å². The summed E-state index contributed by atoms with van der Waals surface area (Å²) in [7, 11) is 0. The van der Waals surface area contributed by atoms with Gasteiger partial charge in [-0.05, 0) is 36.3 Å². The second-order valence-corrected chi connectivity index (χ2v) is 5.75. The minimum atomic E-state index is -2.48. The van der Waals surface area contributed by atoms with Crippen LogP contribution in [-0.2, 0) is 11.2 Å². The second kappa shape index (κ2) is 6.83. The van der Waals surface area contributed by atoms with Crippen LogP contribution in [0.25, 0.3) is 0 Å². The first kappa shape index (κ1) is 16.2. The average molecular weight is 328 g/mol. The molecule has 1 heterocycles. The molecule has 3 nitrogen and oxygen atoms in total. The fraction of sp³-hybridized carbons (Fsp3) is 0.211. The summed E-state index contributed by atoms with van der Waals surface area (Å²) in [6.45, 7) is 4.05. The summed E-state index contributed by atoms with van der Waals surface area (Å²) in [5.41, 5.74) is 2.97. The molecule has 24 heavy (non-hydrogen) atoms. The molecular formula is C19H18F2N2O. The van der Waals surface area contributed by atoms with E-state index in [-0.39, 0.29) is 17.5 Å². The summed E-state index contributed by atoms with van der Waals surface area (Å²) in [6, 6.07) is 14.1. The van der Waals surface area contributed by atoms with E-state index in [1.165, 1.54) is 18.2 Å². The Morgan fingerprint density at radius 2 is 1.92 bits per heavy atom. The van der Waals surface area contributed by atoms with Crippen LogP contribution in [-0.4, -0.2) is 18.5 Å². The van der Waals surface area contributed by atoms with Gasteiger partial charge in [0, 0.05) is 23.5 Å². The molecule has 0 saturated carbocycles. The molecule has 3 rings (SSSR count). The molecule has 0 radical (unpaired) electrons. The van der Waals surface area contributed by atoms with E-state index in [0.717, 1.165) is 23.4 Å². The Labute approximate surface area is 139 Å². The van der Waals surface area contributed by atoms with Gasteiger partial charge >= 0.3 is 0 Å². The Bertz CT molecular complexity index is 743. The monoisotopic (exact) mass is 328 g/mol. The Morgan fingerprint density at radius 3 is 2.58 bits per heavy atom. The van der Waals surface area contributed by atoms with Gasteiger partial charge < -0.3 is 10.2 Å². The van der Waals surface area contributed by atoms with Gasteiger partial charge in [-0.15, -0.1) is 0 Å². The lowest BCUT2D eigenvalue weighted by Crippen LogP contribution is -2.46. The minimum absolute atomic E-state index is 0.000514. The zero-order valence-electron chi connectivity index (χ0n) is 13.1. The number of fused-ring (bicyclic) bond motifs is 1. The fourth-order valence-corrected chi connectivity index (χ4v) is 3.00. The molecule has 124 valence electrons. The number of para-hydroxylation sites is 1. The van der Waals surface area contributed by atoms with Crippen molar-refractivity contribution >= 4 is 17.3 Å². The number of nitrogens with zero attached hydrogens (tertiary/aromatic N) is 1. The highest BCUT2D eigenvalue weighted by molar-refractivity contribution is 5.87. The number of hydrogen-bond acceptors (Lipinski definition) is 2. The lowest BCUT2D eigenvalue weighted by atomic mass is 9.97. The largest absolute Gasteiger partial charge is 0.348 e. The molecule has 1 unspecified atom stereocenters. The third kappa shape index (κ3) is 3.30. The number of carbonyl (C=O) groups excluding carboxylic acids is 1. The summed E-state index contributed by atoms with van der Waals surface area (Å²) >= 11 is 0. The molecule has 0 aromatic heterocycles. The molecule has 1 atom stereocenters. The molecule has 1 amide bonds. The maximum Gasteiger partial charge on any atom is 0.263 e. The number of alkyl halides is 2. The highest BCUT2D eigenvalue weighted by Gasteiger charge is 2.26. The summed E-state index contributed by atoms with van der Waals surface area (Å²) in [5, 5.41) is 2.92. The topological polar surface area (TPSA) is 32.3 Å². The number of nitrogens with one attached hydrogen (secondary N) is 1. The van der Waals surface area contributed by atoms with Gasteiger partial charge in [-0.2, -0.15) is 0 Å². The summed E-state index contributed by atoms with van der Waals surface area (Å²) in [4.78, 5) is 13.7. The van der Waals surface area contributed by atoms with Gasteiger partial charge in [0.25, 0.3) is 6.43 Å². The normalized spacial score (nSPS) is 16.6. The van der Waals surface area contributed by atoms with E-state index in [1.807, 2.05) is 29.2 Å². The molecule has 5 heteroatoms. The lowest BCUT2D eigenvalue weighted by molar-refractivity contribution is -0.117. The predicted molar refractivity (Wildman–Crippen MR) is 90.7 cm³/mol. The second-order valence-electron chi connectivity index (χ2n) is 5.75. The van der Waals surface area contributed by atoms with Crippen molar-refractivity contribution in [2.45, 2.75) is 18.9 Å². The minimum Gasteiger partial charge on any atom is -0.348 e. The average Bonchev–Trinajstić information content (AvgIpc) is 2.61. The molecule has 0 saturated heterocycles. The molecule has 0 aliphatic carbocycles. The van der Waals surface area contributed by atoms with Crippen LogP contribution >= 0.6 is 0 Å². The first-order chi connectivity index (χ1) is 11.6. The van der Waals surface area contributed by atoms with Crippen molar-refractivity contribution in [1.82, 2.24) is 5.32 Å². The van der Waals surface area contributed by atoms with Crippen molar-refractivity contribution in [3.05, 3.63) is 72.3 Å². The van der Waals surface area contributed by atoms with E-state index in [4.69, 9.17) is 0 Å². The van der Waals surface area contributed by atoms with Crippen LogP contribution in [0.5, 0.6) is 0 Å². The van der Waals surface area contributed by atoms with E-state index in [1.54, 1.807) is 12.1 Å². The van der Waals surface area contributed by atoms with Crippen molar-refractivity contribution in [2.24, 2.45) is 0 Å². The fourth-order valence-electron chi connectivity index (χ4n) is 3.00. The molecule has 0 bridgehead atoms. The van der Waals surface area contributed by atoms with Gasteiger partial charge in [0.2, 0.25) is 5.91 Å². The quantitative estimate of drug-likeness (QED) is 0.861. The zero-order valence-corrected chi connectivity index (χ0v) is 13.1. The molecule has 1 N–H and O–H groups in total.